The molecule has 1 aliphatic carbocycles. The molecule has 0 amide bonds. The highest BCUT2D eigenvalue weighted by Gasteiger charge is 2.14. The lowest BCUT2D eigenvalue weighted by molar-refractivity contribution is 0.179. The smallest absolute Gasteiger partial charge is 0.0465 e. The SMILES string of the molecule is C/C=C\C=C/C1=CCC(CCOC)C1. The molecule has 14 heavy (non-hydrogen) atoms. The molecule has 0 aromatic carbocycles. The number of hydrogen-bond donors (Lipinski definition) is 0. The molecular weight excluding hydrogens is 172 g/mol. The molecule has 1 unspecified atom stereocenters. The first-order valence-corrected chi connectivity index (χ1v) is 5.34. The Balaban J connectivity index is 2.25. The van der Waals surface area contributed by atoms with E-state index in [1.807, 2.05) is 6.92 Å². The van der Waals surface area contributed by atoms with Crippen molar-refractivity contribution in [2.24, 2.45) is 5.92 Å². The Morgan fingerprint density at radius 1 is 1.50 bits per heavy atom. The average molecular weight is 192 g/mol. The van der Waals surface area contributed by atoms with Gasteiger partial charge in [0.1, 0.15) is 0 Å². The highest BCUT2D eigenvalue weighted by molar-refractivity contribution is 5.25. The summed E-state index contributed by atoms with van der Waals surface area (Å²) >= 11 is 0. The molecule has 0 aromatic heterocycles. The molecule has 0 fully saturated rings. The van der Waals surface area contributed by atoms with E-state index in [0.29, 0.717) is 0 Å². The van der Waals surface area contributed by atoms with Crippen LogP contribution in [0.4, 0.5) is 0 Å². The van der Waals surface area contributed by atoms with Crippen molar-refractivity contribution in [1.82, 2.24) is 0 Å². The number of allylic oxidation sites excluding steroid dienone is 6. The second-order valence-corrected chi connectivity index (χ2v) is 3.75. The minimum Gasteiger partial charge on any atom is -0.385 e. The monoisotopic (exact) mass is 192 g/mol. The van der Waals surface area contributed by atoms with Crippen molar-refractivity contribution in [3.8, 4) is 0 Å². The highest BCUT2D eigenvalue weighted by Crippen LogP contribution is 2.28. The molecule has 1 rings (SSSR count). The van der Waals surface area contributed by atoms with E-state index < -0.39 is 0 Å². The maximum absolute atomic E-state index is 5.09. The third kappa shape index (κ3) is 3.93. The molecule has 0 radical (unpaired) electrons. The molecule has 1 atom stereocenters. The van der Waals surface area contributed by atoms with Crippen molar-refractivity contribution >= 4 is 0 Å². The molecule has 0 bridgehead atoms. The zero-order chi connectivity index (χ0) is 10.2. The molecule has 0 N–H and O–H groups in total. The van der Waals surface area contributed by atoms with Crippen molar-refractivity contribution in [3.05, 3.63) is 36.0 Å². The fraction of sp³-hybridized carbons (Fsp3) is 0.538. The molecule has 0 aromatic rings. The Labute approximate surface area is 87.2 Å². The first kappa shape index (κ1) is 11.3. The Morgan fingerprint density at radius 2 is 2.36 bits per heavy atom. The molecule has 0 heterocycles. The first-order valence-electron chi connectivity index (χ1n) is 5.34. The quantitative estimate of drug-likeness (QED) is 0.606. The second kappa shape index (κ2) is 6.61. The van der Waals surface area contributed by atoms with Crippen LogP contribution < -0.4 is 0 Å². The van der Waals surface area contributed by atoms with E-state index in [-0.39, 0.29) is 0 Å². The maximum Gasteiger partial charge on any atom is 0.0465 e. The Hall–Kier alpha value is -0.820. The van der Waals surface area contributed by atoms with Crippen LogP contribution in [0.5, 0.6) is 0 Å². The molecule has 0 saturated heterocycles. The van der Waals surface area contributed by atoms with E-state index in [0.717, 1.165) is 12.5 Å². The van der Waals surface area contributed by atoms with E-state index in [9.17, 15) is 0 Å². The van der Waals surface area contributed by atoms with Crippen LogP contribution in [0.25, 0.3) is 0 Å². The van der Waals surface area contributed by atoms with Crippen LogP contribution in [0.1, 0.15) is 26.2 Å². The fourth-order valence-electron chi connectivity index (χ4n) is 1.75. The van der Waals surface area contributed by atoms with Crippen molar-refractivity contribution in [3.63, 3.8) is 0 Å². The summed E-state index contributed by atoms with van der Waals surface area (Å²) in [5.74, 6) is 0.806. The Kier molecular flexibility index (Phi) is 5.31. The van der Waals surface area contributed by atoms with E-state index in [2.05, 4.69) is 30.4 Å². The number of rotatable bonds is 5. The molecular formula is C13H20O. The third-order valence-electron chi connectivity index (χ3n) is 2.58. The van der Waals surface area contributed by atoms with Gasteiger partial charge in [-0.15, -0.1) is 0 Å². The van der Waals surface area contributed by atoms with Gasteiger partial charge in [-0.3, -0.25) is 0 Å². The van der Waals surface area contributed by atoms with Gasteiger partial charge in [0.25, 0.3) is 0 Å². The van der Waals surface area contributed by atoms with Crippen molar-refractivity contribution in [2.45, 2.75) is 26.2 Å². The Bertz CT molecular complexity index is 236. The van der Waals surface area contributed by atoms with E-state index in [4.69, 9.17) is 4.74 Å². The van der Waals surface area contributed by atoms with Crippen LogP contribution in [0.2, 0.25) is 0 Å². The lowest BCUT2D eigenvalue weighted by Crippen LogP contribution is -1.99. The largest absolute Gasteiger partial charge is 0.385 e. The van der Waals surface area contributed by atoms with Gasteiger partial charge >= 0.3 is 0 Å². The summed E-state index contributed by atoms with van der Waals surface area (Å²) in [6.07, 6.45) is 14.4. The zero-order valence-corrected chi connectivity index (χ0v) is 9.20. The highest BCUT2D eigenvalue weighted by atomic mass is 16.5. The predicted molar refractivity (Wildman–Crippen MR) is 61.3 cm³/mol. The maximum atomic E-state index is 5.09. The Morgan fingerprint density at radius 3 is 3.07 bits per heavy atom. The van der Waals surface area contributed by atoms with Crippen LogP contribution in [0, 0.1) is 5.92 Å². The molecule has 1 heteroatoms. The summed E-state index contributed by atoms with van der Waals surface area (Å²) in [5, 5.41) is 0. The van der Waals surface area contributed by atoms with Crippen molar-refractivity contribution in [1.29, 1.82) is 0 Å². The van der Waals surface area contributed by atoms with Gasteiger partial charge in [-0.05, 0) is 32.1 Å². The standard InChI is InChI=1S/C13H20O/c1-3-4-5-6-12-7-8-13(11-12)9-10-14-2/h3-7,13H,8-11H2,1-2H3/b4-3-,6-5-. The number of hydrogen-bond acceptors (Lipinski definition) is 1. The molecule has 78 valence electrons. The second-order valence-electron chi connectivity index (χ2n) is 3.75. The number of methoxy groups -OCH3 is 1. The van der Waals surface area contributed by atoms with Gasteiger partial charge in [-0.2, -0.15) is 0 Å². The van der Waals surface area contributed by atoms with Gasteiger partial charge in [0.05, 0.1) is 0 Å². The van der Waals surface area contributed by atoms with Crippen molar-refractivity contribution < 1.29 is 4.74 Å². The van der Waals surface area contributed by atoms with Gasteiger partial charge in [-0.1, -0.05) is 36.0 Å². The minimum absolute atomic E-state index is 0.806. The minimum atomic E-state index is 0.806. The summed E-state index contributed by atoms with van der Waals surface area (Å²) < 4.78 is 5.09. The predicted octanol–water partition coefficient (Wildman–Crippen LogP) is 3.49. The molecule has 1 nitrogen and oxygen atoms in total. The van der Waals surface area contributed by atoms with E-state index in [1.165, 1.54) is 24.8 Å². The fourth-order valence-corrected chi connectivity index (χ4v) is 1.75. The van der Waals surface area contributed by atoms with Gasteiger partial charge in [0.15, 0.2) is 0 Å². The lowest BCUT2D eigenvalue weighted by atomic mass is 10.0. The van der Waals surface area contributed by atoms with Crippen LogP contribution in [0.15, 0.2) is 36.0 Å². The summed E-state index contributed by atoms with van der Waals surface area (Å²) in [4.78, 5) is 0. The van der Waals surface area contributed by atoms with E-state index >= 15 is 0 Å². The van der Waals surface area contributed by atoms with Crippen LogP contribution >= 0.6 is 0 Å². The summed E-state index contributed by atoms with van der Waals surface area (Å²) in [7, 11) is 1.77. The molecule has 0 saturated carbocycles. The van der Waals surface area contributed by atoms with Crippen LogP contribution in [-0.2, 0) is 4.74 Å². The first-order chi connectivity index (χ1) is 6.86. The normalized spacial score (nSPS) is 22.4. The molecule has 1 aliphatic rings. The van der Waals surface area contributed by atoms with Crippen LogP contribution in [0.3, 0.4) is 0 Å². The molecule has 0 spiro atoms. The van der Waals surface area contributed by atoms with E-state index in [1.54, 1.807) is 7.11 Å². The van der Waals surface area contributed by atoms with Gasteiger partial charge < -0.3 is 4.74 Å². The topological polar surface area (TPSA) is 9.23 Å². The van der Waals surface area contributed by atoms with Gasteiger partial charge in [0.2, 0.25) is 0 Å². The van der Waals surface area contributed by atoms with Crippen LogP contribution in [-0.4, -0.2) is 13.7 Å². The lowest BCUT2D eigenvalue weighted by Gasteiger charge is -2.07. The zero-order valence-electron chi connectivity index (χ0n) is 9.20. The summed E-state index contributed by atoms with van der Waals surface area (Å²) in [6, 6.07) is 0. The summed E-state index contributed by atoms with van der Waals surface area (Å²) in [6.45, 7) is 2.93. The third-order valence-corrected chi connectivity index (χ3v) is 2.58. The molecule has 0 aliphatic heterocycles. The van der Waals surface area contributed by atoms with Gasteiger partial charge in [0, 0.05) is 13.7 Å². The van der Waals surface area contributed by atoms with Gasteiger partial charge in [-0.25, -0.2) is 0 Å². The average Bonchev–Trinajstić information content (AvgIpc) is 2.63. The summed E-state index contributed by atoms with van der Waals surface area (Å²) in [5.41, 5.74) is 1.48. The number of ether oxygens (including phenoxy) is 1. The van der Waals surface area contributed by atoms with Crippen molar-refractivity contribution in [2.75, 3.05) is 13.7 Å².